The number of hydrogen-bond donors (Lipinski definition) is 1. The third kappa shape index (κ3) is 4.44. The highest BCUT2D eigenvalue weighted by molar-refractivity contribution is 5.80. The van der Waals surface area contributed by atoms with Crippen molar-refractivity contribution in [3.05, 3.63) is 60.4 Å². The molecule has 0 spiro atoms. The molecule has 0 bridgehead atoms. The molecule has 144 valence electrons. The normalized spacial score (nSPS) is 24.1. The summed E-state index contributed by atoms with van der Waals surface area (Å²) in [7, 11) is 0. The first-order valence-electron chi connectivity index (χ1n) is 10.5. The fraction of sp³-hybridized carbons (Fsp3) is 0.522. The van der Waals surface area contributed by atoms with E-state index in [1.54, 1.807) is 0 Å². The summed E-state index contributed by atoms with van der Waals surface area (Å²) in [5, 5.41) is 3.31. The van der Waals surface area contributed by atoms with E-state index in [1.807, 2.05) is 47.3 Å². The minimum Gasteiger partial charge on any atom is -0.354 e. The van der Waals surface area contributed by atoms with Crippen molar-refractivity contribution in [1.29, 1.82) is 0 Å². The van der Waals surface area contributed by atoms with Gasteiger partial charge >= 0.3 is 0 Å². The number of amides is 1. The number of nitrogens with one attached hydrogen (secondary N) is 1. The van der Waals surface area contributed by atoms with E-state index in [2.05, 4.69) is 22.3 Å². The van der Waals surface area contributed by atoms with Crippen LogP contribution in [0, 0.1) is 5.92 Å². The Morgan fingerprint density at radius 2 is 1.78 bits per heavy atom. The minimum absolute atomic E-state index is 0.142. The Hall–Kier alpha value is -2.07. The second-order valence-electron chi connectivity index (χ2n) is 8.08. The molecule has 4 heteroatoms. The Morgan fingerprint density at radius 1 is 1.00 bits per heavy atom. The third-order valence-corrected chi connectivity index (χ3v) is 6.33. The molecule has 3 heterocycles. The fourth-order valence-electron chi connectivity index (χ4n) is 4.89. The molecule has 2 aliphatic rings. The van der Waals surface area contributed by atoms with E-state index in [0.29, 0.717) is 12.0 Å². The van der Waals surface area contributed by atoms with Crippen LogP contribution < -0.4 is 5.32 Å². The SMILES string of the molecule is O=C(NCC1CCCN2CCCCC12)C(Cc1ccccc1)n1cccc1. The van der Waals surface area contributed by atoms with Crippen LogP contribution >= 0.6 is 0 Å². The van der Waals surface area contributed by atoms with Crippen LogP contribution in [0.1, 0.15) is 43.7 Å². The van der Waals surface area contributed by atoms with E-state index in [9.17, 15) is 4.79 Å². The van der Waals surface area contributed by atoms with E-state index in [0.717, 1.165) is 13.0 Å². The number of carbonyl (C=O) groups is 1. The van der Waals surface area contributed by atoms with Crippen molar-refractivity contribution in [3.8, 4) is 0 Å². The van der Waals surface area contributed by atoms with Gasteiger partial charge in [0.05, 0.1) is 0 Å². The Labute approximate surface area is 162 Å². The highest BCUT2D eigenvalue weighted by atomic mass is 16.2. The van der Waals surface area contributed by atoms with Crippen molar-refractivity contribution >= 4 is 5.91 Å². The molecule has 2 aromatic rings. The van der Waals surface area contributed by atoms with E-state index >= 15 is 0 Å². The van der Waals surface area contributed by atoms with E-state index in [4.69, 9.17) is 0 Å². The first-order chi connectivity index (χ1) is 13.3. The number of piperidine rings is 2. The highest BCUT2D eigenvalue weighted by Crippen LogP contribution is 2.30. The van der Waals surface area contributed by atoms with Gasteiger partial charge in [0.25, 0.3) is 0 Å². The van der Waals surface area contributed by atoms with Gasteiger partial charge in [-0.05, 0) is 62.4 Å². The van der Waals surface area contributed by atoms with Crippen LogP contribution in [-0.4, -0.2) is 41.1 Å². The molecular weight excluding hydrogens is 334 g/mol. The van der Waals surface area contributed by atoms with Crippen molar-refractivity contribution in [3.63, 3.8) is 0 Å². The summed E-state index contributed by atoms with van der Waals surface area (Å²) in [5.41, 5.74) is 1.20. The molecule has 2 fully saturated rings. The Balaban J connectivity index is 1.41. The average molecular weight is 366 g/mol. The van der Waals surface area contributed by atoms with Gasteiger partial charge in [0.15, 0.2) is 0 Å². The van der Waals surface area contributed by atoms with Gasteiger partial charge in [0.1, 0.15) is 6.04 Å². The summed E-state index contributed by atoms with van der Waals surface area (Å²) in [4.78, 5) is 15.8. The number of aromatic nitrogens is 1. The van der Waals surface area contributed by atoms with Crippen molar-refractivity contribution in [2.24, 2.45) is 5.92 Å². The van der Waals surface area contributed by atoms with Crippen LogP contribution in [0.25, 0.3) is 0 Å². The molecule has 0 aliphatic carbocycles. The average Bonchev–Trinajstić information content (AvgIpc) is 3.25. The van der Waals surface area contributed by atoms with Gasteiger partial charge in [0, 0.05) is 31.4 Å². The molecule has 4 rings (SSSR count). The lowest BCUT2D eigenvalue weighted by Crippen LogP contribution is -2.51. The summed E-state index contributed by atoms with van der Waals surface area (Å²) < 4.78 is 2.04. The van der Waals surface area contributed by atoms with Gasteiger partial charge in [0.2, 0.25) is 5.91 Å². The molecule has 1 aromatic carbocycles. The highest BCUT2D eigenvalue weighted by Gasteiger charge is 2.33. The van der Waals surface area contributed by atoms with Crippen LogP contribution in [-0.2, 0) is 11.2 Å². The summed E-state index contributed by atoms with van der Waals surface area (Å²) in [5.74, 6) is 0.744. The van der Waals surface area contributed by atoms with Crippen LogP contribution in [0.3, 0.4) is 0 Å². The first kappa shape index (κ1) is 18.3. The first-order valence-corrected chi connectivity index (χ1v) is 10.5. The molecule has 4 nitrogen and oxygen atoms in total. The maximum Gasteiger partial charge on any atom is 0.243 e. The van der Waals surface area contributed by atoms with Gasteiger partial charge in [-0.1, -0.05) is 36.8 Å². The third-order valence-electron chi connectivity index (χ3n) is 6.33. The van der Waals surface area contributed by atoms with Crippen LogP contribution in [0.15, 0.2) is 54.9 Å². The molecule has 1 N–H and O–H groups in total. The molecule has 1 aromatic heterocycles. The lowest BCUT2D eigenvalue weighted by molar-refractivity contribution is -0.124. The van der Waals surface area contributed by atoms with Crippen molar-refractivity contribution in [2.45, 2.75) is 50.6 Å². The molecule has 3 unspecified atom stereocenters. The maximum atomic E-state index is 13.1. The van der Waals surface area contributed by atoms with E-state index in [1.165, 1.54) is 50.8 Å². The second kappa shape index (κ2) is 8.75. The number of nitrogens with zero attached hydrogens (tertiary/aromatic N) is 2. The van der Waals surface area contributed by atoms with Gasteiger partial charge < -0.3 is 14.8 Å². The Morgan fingerprint density at radius 3 is 2.59 bits per heavy atom. The number of benzene rings is 1. The predicted octanol–water partition coefficient (Wildman–Crippen LogP) is 3.65. The number of carbonyl (C=O) groups excluding carboxylic acids is 1. The number of hydrogen-bond acceptors (Lipinski definition) is 2. The number of rotatable bonds is 6. The molecule has 2 aliphatic heterocycles. The fourth-order valence-corrected chi connectivity index (χ4v) is 4.89. The van der Waals surface area contributed by atoms with Gasteiger partial charge in [-0.2, -0.15) is 0 Å². The van der Waals surface area contributed by atoms with Crippen LogP contribution in [0.5, 0.6) is 0 Å². The van der Waals surface area contributed by atoms with E-state index in [-0.39, 0.29) is 11.9 Å². The number of fused-ring (bicyclic) bond motifs is 1. The smallest absolute Gasteiger partial charge is 0.243 e. The maximum absolute atomic E-state index is 13.1. The lowest BCUT2D eigenvalue weighted by atomic mass is 9.83. The zero-order valence-electron chi connectivity index (χ0n) is 16.1. The van der Waals surface area contributed by atoms with Crippen LogP contribution in [0.2, 0.25) is 0 Å². The molecule has 0 radical (unpaired) electrons. The van der Waals surface area contributed by atoms with Crippen molar-refractivity contribution < 1.29 is 4.79 Å². The summed E-state index contributed by atoms with van der Waals surface area (Å²) in [6.45, 7) is 3.30. The van der Waals surface area contributed by atoms with E-state index < -0.39 is 0 Å². The van der Waals surface area contributed by atoms with Gasteiger partial charge in [-0.3, -0.25) is 4.79 Å². The zero-order valence-corrected chi connectivity index (χ0v) is 16.1. The molecule has 0 saturated carbocycles. The lowest BCUT2D eigenvalue weighted by Gasteiger charge is -2.44. The van der Waals surface area contributed by atoms with Gasteiger partial charge in [-0.25, -0.2) is 0 Å². The van der Waals surface area contributed by atoms with Crippen LogP contribution in [0.4, 0.5) is 0 Å². The van der Waals surface area contributed by atoms with Crippen molar-refractivity contribution in [2.75, 3.05) is 19.6 Å². The molecule has 3 atom stereocenters. The predicted molar refractivity (Wildman–Crippen MR) is 109 cm³/mol. The largest absolute Gasteiger partial charge is 0.354 e. The molecule has 2 saturated heterocycles. The molecule has 1 amide bonds. The zero-order chi connectivity index (χ0) is 18.5. The standard InChI is InChI=1S/C23H31N3O/c27-23(24-18-20-11-8-16-25-13-5-4-12-21(20)25)22(26-14-6-7-15-26)17-19-9-2-1-3-10-19/h1-3,6-7,9-10,14-15,20-22H,4-5,8,11-13,16-18H2,(H,24,27). The summed E-state index contributed by atoms with van der Waals surface area (Å²) >= 11 is 0. The monoisotopic (exact) mass is 365 g/mol. The van der Waals surface area contributed by atoms with Gasteiger partial charge in [-0.15, -0.1) is 0 Å². The van der Waals surface area contributed by atoms with Crippen molar-refractivity contribution in [1.82, 2.24) is 14.8 Å². The topological polar surface area (TPSA) is 37.3 Å². The summed E-state index contributed by atoms with van der Waals surface area (Å²) in [6, 6.07) is 14.8. The quantitative estimate of drug-likeness (QED) is 0.848. The molecule has 27 heavy (non-hydrogen) atoms. The summed E-state index contributed by atoms with van der Waals surface area (Å²) in [6.07, 6.45) is 11.2. The Kier molecular flexibility index (Phi) is 5.93. The Bertz CT molecular complexity index is 710. The minimum atomic E-state index is -0.187. The second-order valence-corrected chi connectivity index (χ2v) is 8.08. The molecular formula is C23H31N3O.